The van der Waals surface area contributed by atoms with Gasteiger partial charge < -0.3 is 20.9 Å². The average Bonchev–Trinajstić information content (AvgIpc) is 2.79. The van der Waals surface area contributed by atoms with Gasteiger partial charge in [0, 0.05) is 19.2 Å². The molecule has 0 radical (unpaired) electrons. The summed E-state index contributed by atoms with van der Waals surface area (Å²) >= 11 is 0. The van der Waals surface area contributed by atoms with Gasteiger partial charge >= 0.3 is 5.97 Å². The highest BCUT2D eigenvalue weighted by molar-refractivity contribution is 5.97. The van der Waals surface area contributed by atoms with Crippen LogP contribution in [0.2, 0.25) is 0 Å². The third kappa shape index (κ3) is 2.25. The molecule has 0 aromatic carbocycles. The van der Waals surface area contributed by atoms with E-state index in [0.717, 1.165) is 0 Å². The molecule has 1 saturated heterocycles. The van der Waals surface area contributed by atoms with Gasteiger partial charge in [0.25, 0.3) is 5.91 Å². The first kappa shape index (κ1) is 12.3. The van der Waals surface area contributed by atoms with Gasteiger partial charge in [0.05, 0.1) is 12.2 Å². The maximum absolute atomic E-state index is 11.9. The zero-order valence-corrected chi connectivity index (χ0v) is 9.55. The van der Waals surface area contributed by atoms with E-state index >= 15 is 0 Å². The Labute approximate surface area is 103 Å². The predicted molar refractivity (Wildman–Crippen MR) is 61.9 cm³/mol. The molecule has 0 saturated carbocycles. The molecular formula is C11H13N3O4. The number of carboxylic acids is 1. The average molecular weight is 251 g/mol. The number of ether oxygens (including phenoxy) is 1. The molecule has 0 aliphatic carbocycles. The minimum absolute atomic E-state index is 0.0313. The van der Waals surface area contributed by atoms with Crippen LogP contribution in [0.4, 0.5) is 5.82 Å². The minimum Gasteiger partial charge on any atom is -0.479 e. The smallest absolute Gasteiger partial charge is 0.331 e. The maximum atomic E-state index is 11.9. The van der Waals surface area contributed by atoms with Crippen LogP contribution in [0.5, 0.6) is 0 Å². The first-order chi connectivity index (χ1) is 8.53. The molecule has 1 aromatic rings. The van der Waals surface area contributed by atoms with E-state index in [2.05, 4.69) is 10.3 Å². The van der Waals surface area contributed by atoms with Crippen molar-refractivity contribution in [3.05, 3.63) is 23.9 Å². The van der Waals surface area contributed by atoms with Crippen molar-refractivity contribution in [2.45, 2.75) is 12.0 Å². The van der Waals surface area contributed by atoms with E-state index < -0.39 is 17.4 Å². The minimum atomic E-state index is -1.35. The molecule has 96 valence electrons. The number of aromatic nitrogens is 1. The standard InChI is InChI=1S/C11H13N3O4/c12-8-2-1-7(5-13-8)9(15)14-11(10(16)17)3-4-18-6-11/h1-2,5H,3-4,6H2,(H2,12,13)(H,14,15)(H,16,17)/t11-/m0/s1. The van der Waals surface area contributed by atoms with Crippen molar-refractivity contribution < 1.29 is 19.4 Å². The second-order valence-corrected chi connectivity index (χ2v) is 4.12. The summed E-state index contributed by atoms with van der Waals surface area (Å²) in [5.41, 5.74) is 4.32. The number of nitrogen functional groups attached to an aromatic ring is 1. The number of carbonyl (C=O) groups is 2. The molecule has 1 aliphatic heterocycles. The normalized spacial score (nSPS) is 22.7. The van der Waals surface area contributed by atoms with Gasteiger partial charge in [-0.05, 0) is 12.1 Å². The lowest BCUT2D eigenvalue weighted by Gasteiger charge is -2.23. The summed E-state index contributed by atoms with van der Waals surface area (Å²) in [6.45, 7) is 0.281. The van der Waals surface area contributed by atoms with E-state index in [-0.39, 0.29) is 18.6 Å². The number of aliphatic carboxylic acids is 1. The highest BCUT2D eigenvalue weighted by atomic mass is 16.5. The van der Waals surface area contributed by atoms with Crippen molar-refractivity contribution in [2.75, 3.05) is 18.9 Å². The summed E-state index contributed by atoms with van der Waals surface area (Å²) in [4.78, 5) is 26.9. The van der Waals surface area contributed by atoms with E-state index in [4.69, 9.17) is 10.5 Å². The molecule has 1 aliphatic rings. The largest absolute Gasteiger partial charge is 0.479 e. The molecule has 0 unspecified atom stereocenters. The fraction of sp³-hybridized carbons (Fsp3) is 0.364. The number of pyridine rings is 1. The third-order valence-electron chi connectivity index (χ3n) is 2.83. The molecule has 1 fully saturated rings. The van der Waals surface area contributed by atoms with Crippen molar-refractivity contribution in [3.63, 3.8) is 0 Å². The van der Waals surface area contributed by atoms with Gasteiger partial charge in [0.2, 0.25) is 0 Å². The van der Waals surface area contributed by atoms with Gasteiger partial charge in [0.1, 0.15) is 5.82 Å². The second kappa shape index (κ2) is 4.61. The molecule has 18 heavy (non-hydrogen) atoms. The lowest BCUT2D eigenvalue weighted by Crippen LogP contribution is -2.55. The van der Waals surface area contributed by atoms with Crippen molar-refractivity contribution >= 4 is 17.7 Å². The monoisotopic (exact) mass is 251 g/mol. The van der Waals surface area contributed by atoms with Crippen LogP contribution in [0.25, 0.3) is 0 Å². The molecule has 7 nitrogen and oxygen atoms in total. The fourth-order valence-corrected chi connectivity index (χ4v) is 1.71. The van der Waals surface area contributed by atoms with Crippen LogP contribution in [0.1, 0.15) is 16.8 Å². The fourth-order valence-electron chi connectivity index (χ4n) is 1.71. The van der Waals surface area contributed by atoms with Crippen LogP contribution in [0, 0.1) is 0 Å². The van der Waals surface area contributed by atoms with Crippen molar-refractivity contribution in [1.29, 1.82) is 0 Å². The SMILES string of the molecule is Nc1ccc(C(=O)N[C@@]2(C(=O)O)CCOC2)cn1. The van der Waals surface area contributed by atoms with Crippen LogP contribution in [-0.4, -0.2) is 40.7 Å². The zero-order chi connectivity index (χ0) is 13.2. The van der Waals surface area contributed by atoms with Gasteiger partial charge in [-0.2, -0.15) is 0 Å². The van der Waals surface area contributed by atoms with Gasteiger partial charge in [-0.15, -0.1) is 0 Å². The molecule has 2 heterocycles. The van der Waals surface area contributed by atoms with Gasteiger partial charge in [-0.1, -0.05) is 0 Å². The molecule has 0 bridgehead atoms. The molecule has 2 rings (SSSR count). The Balaban J connectivity index is 2.15. The number of hydrogen-bond donors (Lipinski definition) is 3. The Morgan fingerprint density at radius 3 is 2.78 bits per heavy atom. The number of nitrogens with two attached hydrogens (primary N) is 1. The topological polar surface area (TPSA) is 115 Å². The maximum Gasteiger partial charge on any atom is 0.331 e. The quantitative estimate of drug-likeness (QED) is 0.675. The van der Waals surface area contributed by atoms with Crippen LogP contribution in [0.15, 0.2) is 18.3 Å². The van der Waals surface area contributed by atoms with Crippen LogP contribution >= 0.6 is 0 Å². The number of nitrogens with zero attached hydrogens (tertiary/aromatic N) is 1. The van der Waals surface area contributed by atoms with Gasteiger partial charge in [0.15, 0.2) is 5.54 Å². The Morgan fingerprint density at radius 2 is 2.28 bits per heavy atom. The van der Waals surface area contributed by atoms with Crippen molar-refractivity contribution in [2.24, 2.45) is 0 Å². The first-order valence-corrected chi connectivity index (χ1v) is 5.39. The molecule has 7 heteroatoms. The van der Waals surface area contributed by atoms with Gasteiger partial charge in [-0.25, -0.2) is 9.78 Å². The molecule has 1 atom stereocenters. The van der Waals surface area contributed by atoms with Crippen LogP contribution in [-0.2, 0) is 9.53 Å². The predicted octanol–water partition coefficient (Wildman–Crippen LogP) is -0.363. The summed E-state index contributed by atoms with van der Waals surface area (Å²) in [5, 5.41) is 11.7. The number of carbonyl (C=O) groups excluding carboxylic acids is 1. The number of rotatable bonds is 3. The summed E-state index contributed by atoms with van der Waals surface area (Å²) in [5.74, 6) is -1.31. The Bertz CT molecular complexity index is 466. The highest BCUT2D eigenvalue weighted by Crippen LogP contribution is 2.19. The van der Waals surface area contributed by atoms with E-state index in [1.807, 2.05) is 0 Å². The van der Waals surface area contributed by atoms with Gasteiger partial charge in [-0.3, -0.25) is 4.79 Å². The lowest BCUT2D eigenvalue weighted by atomic mass is 9.98. The molecular weight excluding hydrogens is 238 g/mol. The first-order valence-electron chi connectivity index (χ1n) is 5.39. The highest BCUT2D eigenvalue weighted by Gasteiger charge is 2.44. The summed E-state index contributed by atoms with van der Waals surface area (Å²) in [7, 11) is 0. The van der Waals surface area contributed by atoms with Crippen LogP contribution in [0.3, 0.4) is 0 Å². The van der Waals surface area contributed by atoms with E-state index in [9.17, 15) is 14.7 Å². The summed E-state index contributed by atoms with van der Waals surface area (Å²) in [6, 6.07) is 2.97. The number of anilines is 1. The number of carboxylic acid groups (broad SMARTS) is 1. The Morgan fingerprint density at radius 1 is 1.50 bits per heavy atom. The number of amides is 1. The van der Waals surface area contributed by atoms with E-state index in [1.165, 1.54) is 18.3 Å². The molecule has 0 spiro atoms. The van der Waals surface area contributed by atoms with E-state index in [1.54, 1.807) is 0 Å². The molecule has 1 aromatic heterocycles. The third-order valence-corrected chi connectivity index (χ3v) is 2.83. The molecule has 1 amide bonds. The number of nitrogens with one attached hydrogen (secondary N) is 1. The Kier molecular flexibility index (Phi) is 3.15. The van der Waals surface area contributed by atoms with Crippen molar-refractivity contribution in [1.82, 2.24) is 10.3 Å². The van der Waals surface area contributed by atoms with Crippen LogP contribution < -0.4 is 11.1 Å². The Hall–Kier alpha value is -2.15. The van der Waals surface area contributed by atoms with Crippen molar-refractivity contribution in [3.8, 4) is 0 Å². The zero-order valence-electron chi connectivity index (χ0n) is 9.55. The number of hydrogen-bond acceptors (Lipinski definition) is 5. The second-order valence-electron chi connectivity index (χ2n) is 4.12. The summed E-state index contributed by atoms with van der Waals surface area (Å²) in [6.07, 6.45) is 1.55. The lowest BCUT2D eigenvalue weighted by molar-refractivity contribution is -0.144. The summed E-state index contributed by atoms with van der Waals surface area (Å²) < 4.78 is 5.05. The molecule has 4 N–H and O–H groups in total. The van der Waals surface area contributed by atoms with E-state index in [0.29, 0.717) is 12.4 Å².